The van der Waals surface area contributed by atoms with Gasteiger partial charge in [-0.1, -0.05) is 67.3 Å². The van der Waals surface area contributed by atoms with Gasteiger partial charge in [0.1, 0.15) is 11.2 Å². The molecule has 2 aromatic carbocycles. The fourth-order valence-electron chi connectivity index (χ4n) is 5.82. The molecule has 182 valence electrons. The van der Waals surface area contributed by atoms with E-state index in [-0.39, 0.29) is 11.8 Å². The van der Waals surface area contributed by atoms with Crippen LogP contribution in [0.4, 0.5) is 5.13 Å². The summed E-state index contributed by atoms with van der Waals surface area (Å²) in [6.45, 7) is 6.27. The van der Waals surface area contributed by atoms with Crippen LogP contribution in [-0.4, -0.2) is 20.9 Å². The van der Waals surface area contributed by atoms with Crippen LogP contribution in [0.15, 0.2) is 90.4 Å². The summed E-state index contributed by atoms with van der Waals surface area (Å²) in [7, 11) is 0. The van der Waals surface area contributed by atoms with E-state index in [1.165, 1.54) is 11.3 Å². The van der Waals surface area contributed by atoms with Crippen LogP contribution in [0.5, 0.6) is 0 Å². The third-order valence-corrected chi connectivity index (χ3v) is 8.29. The van der Waals surface area contributed by atoms with Crippen molar-refractivity contribution in [2.75, 3.05) is 5.32 Å². The van der Waals surface area contributed by atoms with Crippen molar-refractivity contribution in [3.8, 4) is 6.07 Å². The number of carbonyl (C=O) groups excluding carboxylic acids is 1. The molecule has 2 N–H and O–H groups in total. The topological polar surface area (TPSA) is 94.5 Å². The number of carbonyl (C=O) groups is 1. The summed E-state index contributed by atoms with van der Waals surface area (Å²) in [5, 5.41) is 15.9. The lowest BCUT2D eigenvalue weighted by atomic mass is 9.54. The number of benzene rings is 2. The van der Waals surface area contributed by atoms with Crippen molar-refractivity contribution < 1.29 is 4.79 Å². The van der Waals surface area contributed by atoms with Gasteiger partial charge in [0.15, 0.2) is 5.13 Å². The average molecular weight is 504 g/mol. The molecule has 2 bridgehead atoms. The number of hydrogen-bond donors (Lipinski definition) is 2. The van der Waals surface area contributed by atoms with E-state index >= 15 is 0 Å². The van der Waals surface area contributed by atoms with Crippen LogP contribution in [0.3, 0.4) is 0 Å². The first-order valence-electron chi connectivity index (χ1n) is 12.2. The number of nitriles is 1. The molecule has 6 nitrogen and oxygen atoms in total. The zero-order valence-corrected chi connectivity index (χ0v) is 21.2. The Morgan fingerprint density at radius 3 is 2.86 bits per heavy atom. The molecule has 1 amide bonds. The Morgan fingerprint density at radius 2 is 2.03 bits per heavy atom. The van der Waals surface area contributed by atoms with Crippen molar-refractivity contribution in [1.29, 1.82) is 5.26 Å². The Labute approximate surface area is 219 Å². The predicted molar refractivity (Wildman–Crippen MR) is 146 cm³/mol. The second-order valence-corrected chi connectivity index (χ2v) is 10.8. The number of para-hydroxylation sites is 2. The van der Waals surface area contributed by atoms with Gasteiger partial charge in [-0.05, 0) is 42.2 Å². The first-order valence-corrected chi connectivity index (χ1v) is 13.0. The van der Waals surface area contributed by atoms with Gasteiger partial charge in [-0.15, -0.1) is 11.3 Å². The van der Waals surface area contributed by atoms with E-state index in [1.54, 1.807) is 0 Å². The number of aromatic amines is 1. The molecule has 3 atom stereocenters. The molecule has 6 rings (SSSR count). The molecule has 7 heteroatoms. The Balaban J connectivity index is 1.31. The van der Waals surface area contributed by atoms with E-state index in [0.717, 1.165) is 39.3 Å². The number of anilines is 1. The van der Waals surface area contributed by atoms with Crippen molar-refractivity contribution in [2.24, 2.45) is 5.41 Å². The molecular formula is C30H25N5OS. The highest BCUT2D eigenvalue weighted by molar-refractivity contribution is 7.13. The summed E-state index contributed by atoms with van der Waals surface area (Å²) in [6, 6.07) is 18.4. The molecule has 0 fully saturated rings. The maximum Gasteiger partial charge on any atom is 0.233 e. The van der Waals surface area contributed by atoms with Crippen molar-refractivity contribution >= 4 is 33.4 Å². The van der Waals surface area contributed by atoms with Crippen LogP contribution in [0.2, 0.25) is 0 Å². The second kappa shape index (κ2) is 8.68. The maximum absolute atomic E-state index is 14.0. The summed E-state index contributed by atoms with van der Waals surface area (Å²) in [5.41, 5.74) is 3.66. The molecule has 2 heterocycles. The minimum Gasteiger partial charge on any atom is -0.342 e. The second-order valence-electron chi connectivity index (χ2n) is 9.97. The van der Waals surface area contributed by atoms with Gasteiger partial charge in [0.05, 0.1) is 28.2 Å². The maximum atomic E-state index is 14.0. The Kier molecular flexibility index (Phi) is 5.43. The van der Waals surface area contributed by atoms with Crippen LogP contribution >= 0.6 is 11.3 Å². The summed E-state index contributed by atoms with van der Waals surface area (Å²) < 4.78 is 0. The van der Waals surface area contributed by atoms with Gasteiger partial charge >= 0.3 is 0 Å². The molecule has 0 saturated carbocycles. The number of amides is 1. The van der Waals surface area contributed by atoms with Crippen molar-refractivity contribution in [2.45, 2.75) is 31.1 Å². The molecule has 0 spiro atoms. The molecule has 2 aliphatic rings. The van der Waals surface area contributed by atoms with Crippen LogP contribution in [0, 0.1) is 16.7 Å². The average Bonchev–Trinajstić information content (AvgIpc) is 3.53. The fraction of sp³-hybridized carbons (Fsp3) is 0.200. The third kappa shape index (κ3) is 3.81. The van der Waals surface area contributed by atoms with Crippen molar-refractivity contribution in [3.63, 3.8) is 0 Å². The molecule has 2 aliphatic carbocycles. The molecule has 0 aliphatic heterocycles. The van der Waals surface area contributed by atoms with E-state index in [1.807, 2.05) is 85.1 Å². The first kappa shape index (κ1) is 23.1. The summed E-state index contributed by atoms with van der Waals surface area (Å²) in [5.74, 6) is 0.393. The predicted octanol–water partition coefficient (Wildman–Crippen LogP) is 6.19. The monoisotopic (exact) mass is 503 g/mol. The lowest BCUT2D eigenvalue weighted by Gasteiger charge is -2.47. The number of nitrogens with one attached hydrogen (secondary N) is 2. The summed E-state index contributed by atoms with van der Waals surface area (Å²) in [4.78, 5) is 26.6. The Hall–Kier alpha value is -4.28. The van der Waals surface area contributed by atoms with Crippen LogP contribution in [-0.2, 0) is 16.6 Å². The largest absolute Gasteiger partial charge is 0.342 e. The minimum absolute atomic E-state index is 0.166. The smallest absolute Gasteiger partial charge is 0.233 e. The molecule has 0 radical (unpaired) electrons. The molecule has 0 saturated heterocycles. The number of rotatable bonds is 4. The van der Waals surface area contributed by atoms with E-state index in [0.29, 0.717) is 18.0 Å². The zero-order chi connectivity index (χ0) is 25.6. The number of thiazole rings is 1. The van der Waals surface area contributed by atoms with Crippen LogP contribution < -0.4 is 5.32 Å². The van der Waals surface area contributed by atoms with Gasteiger partial charge in [0.2, 0.25) is 5.91 Å². The molecule has 2 aromatic heterocycles. The molecule has 3 unspecified atom stereocenters. The van der Waals surface area contributed by atoms with Crippen molar-refractivity contribution in [3.05, 3.63) is 113 Å². The lowest BCUT2D eigenvalue weighted by molar-refractivity contribution is -0.126. The van der Waals surface area contributed by atoms with Crippen molar-refractivity contribution in [1.82, 2.24) is 15.0 Å². The quantitative estimate of drug-likeness (QED) is 0.347. The molecular weight excluding hydrogens is 478 g/mol. The fourth-order valence-corrected chi connectivity index (χ4v) is 6.53. The number of allylic oxidation sites excluding steroid dienone is 5. The van der Waals surface area contributed by atoms with Gasteiger partial charge in [-0.2, -0.15) is 5.26 Å². The molecule has 4 aromatic rings. The van der Waals surface area contributed by atoms with Crippen LogP contribution in [0.25, 0.3) is 11.0 Å². The van der Waals surface area contributed by atoms with Gasteiger partial charge in [0, 0.05) is 17.7 Å². The number of fused-ring (bicyclic) bond motifs is 7. The van der Waals surface area contributed by atoms with Gasteiger partial charge in [-0.25, -0.2) is 9.97 Å². The SMILES string of the molecule is C=C1/C=C\C=C/C2(C#N)CC(C)(C(=O)Nc3nc(Cc4nc5ccccc5[nH]4)cs3)C1c1ccccc12. The number of aromatic nitrogens is 3. The van der Waals surface area contributed by atoms with Crippen LogP contribution in [0.1, 0.15) is 41.9 Å². The molecule has 37 heavy (non-hydrogen) atoms. The number of nitrogens with zero attached hydrogens (tertiary/aromatic N) is 3. The van der Waals surface area contributed by atoms with E-state index < -0.39 is 10.8 Å². The first-order chi connectivity index (χ1) is 17.9. The Morgan fingerprint density at radius 1 is 1.22 bits per heavy atom. The number of H-pyrrole nitrogens is 1. The van der Waals surface area contributed by atoms with E-state index in [9.17, 15) is 10.1 Å². The normalized spacial score (nSPS) is 25.9. The third-order valence-electron chi connectivity index (χ3n) is 7.49. The van der Waals surface area contributed by atoms with E-state index in [2.05, 4.69) is 32.9 Å². The minimum atomic E-state index is -0.913. The van der Waals surface area contributed by atoms with Gasteiger partial charge in [0.25, 0.3) is 0 Å². The summed E-state index contributed by atoms with van der Waals surface area (Å²) in [6.07, 6.45) is 8.54. The summed E-state index contributed by atoms with van der Waals surface area (Å²) >= 11 is 1.39. The zero-order valence-electron chi connectivity index (χ0n) is 20.4. The van der Waals surface area contributed by atoms with Gasteiger partial charge < -0.3 is 10.3 Å². The lowest BCUT2D eigenvalue weighted by Crippen LogP contribution is -2.48. The highest BCUT2D eigenvalue weighted by Gasteiger charge is 2.54. The number of imidazole rings is 1. The van der Waals surface area contributed by atoms with Gasteiger partial charge in [-0.3, -0.25) is 4.79 Å². The number of hydrogen-bond acceptors (Lipinski definition) is 5. The highest BCUT2D eigenvalue weighted by Crippen LogP contribution is 2.56. The standard InChI is InChI=1S/C30H25N5OS/c1-19-9-7-8-14-30(18-31)17-29(2,26(19)21-10-3-4-11-22(21)30)27(36)35-28-32-20(16-37-28)15-25-33-23-12-5-6-13-24(23)34-25/h3-14,16,26H,1,15,17H2,2H3,(H,33,34)(H,32,35,36)/b9-7-,14-8-. The van der Waals surface area contributed by atoms with E-state index in [4.69, 9.17) is 0 Å². The Bertz CT molecular complexity index is 1620. The highest BCUT2D eigenvalue weighted by atomic mass is 32.1.